The number of nitrogens with one attached hydrogen (secondary N) is 3. The van der Waals surface area contributed by atoms with Gasteiger partial charge in [0, 0.05) is 32.5 Å². The Kier molecular flexibility index (Phi) is 10.3. The lowest BCUT2D eigenvalue weighted by molar-refractivity contribution is -0.142. The van der Waals surface area contributed by atoms with Gasteiger partial charge < -0.3 is 35.0 Å². The molecule has 4 N–H and O–H groups in total. The summed E-state index contributed by atoms with van der Waals surface area (Å²) >= 11 is 0. The molecule has 53 heavy (non-hydrogen) atoms. The maximum atomic E-state index is 14.4. The Bertz CT molecular complexity index is 1930. The number of carbonyl (C=O) groups is 4. The van der Waals surface area contributed by atoms with Crippen LogP contribution in [-0.2, 0) is 24.4 Å². The number of aromatic nitrogens is 2. The maximum Gasteiger partial charge on any atom is 0.405 e. The van der Waals surface area contributed by atoms with Crippen molar-refractivity contribution < 1.29 is 42.2 Å². The molecule has 4 aliphatic rings. The molecule has 2 saturated carbocycles. The van der Waals surface area contributed by atoms with E-state index < -0.39 is 74.1 Å². The lowest BCUT2D eigenvalue weighted by Crippen LogP contribution is -2.59. The summed E-state index contributed by atoms with van der Waals surface area (Å²) in [5.41, 5.74) is -1.01. The van der Waals surface area contributed by atoms with Crippen LogP contribution in [0.5, 0.6) is 11.6 Å². The quantitative estimate of drug-likeness (QED) is 0.287. The average molecular weight is 756 g/mol. The molecule has 0 bridgehead atoms. The monoisotopic (exact) mass is 755 g/mol. The number of amides is 4. The first kappa shape index (κ1) is 38.1. The van der Waals surface area contributed by atoms with Crippen LogP contribution in [0, 0.1) is 17.8 Å². The van der Waals surface area contributed by atoms with Gasteiger partial charge in [0.15, 0.2) is 0 Å². The van der Waals surface area contributed by atoms with Gasteiger partial charge in [-0.15, -0.1) is 0 Å². The highest BCUT2D eigenvalue weighted by Crippen LogP contribution is 2.47. The fourth-order valence-electron chi connectivity index (χ4n) is 7.37. The second kappa shape index (κ2) is 14.3. The van der Waals surface area contributed by atoms with Gasteiger partial charge >= 0.3 is 6.09 Å². The van der Waals surface area contributed by atoms with Crippen molar-refractivity contribution in [3.8, 4) is 11.6 Å². The van der Waals surface area contributed by atoms with E-state index in [1.54, 1.807) is 51.2 Å². The molecule has 3 fully saturated rings. The van der Waals surface area contributed by atoms with Crippen molar-refractivity contribution in [3.63, 3.8) is 0 Å². The SMILES string of the molecule is COc1ccc2c(O[C@@H]3C[C@H]4C(=O)N[C@]5(C(=O)NS(=O)(=O)C6(C)CC6)C[C@H]5/C=C\CC[C@H](C)C[C@@H](C)[C@H](NC(=O)O)C(=O)N4C3)nc(N(C)C)nc2c1. The third kappa shape index (κ3) is 7.71. The Morgan fingerprint density at radius 3 is 2.53 bits per heavy atom. The van der Waals surface area contributed by atoms with Crippen LogP contribution >= 0.6 is 0 Å². The molecule has 2 aliphatic heterocycles. The van der Waals surface area contributed by atoms with Crippen LogP contribution in [0.1, 0.15) is 65.7 Å². The van der Waals surface area contributed by atoms with Gasteiger partial charge in [0.2, 0.25) is 33.7 Å². The number of methoxy groups -OCH3 is 1. The third-order valence-electron chi connectivity index (χ3n) is 11.1. The zero-order valence-corrected chi connectivity index (χ0v) is 31.7. The number of sulfonamides is 1. The van der Waals surface area contributed by atoms with Gasteiger partial charge in [-0.25, -0.2) is 18.2 Å². The Balaban J connectivity index is 1.36. The summed E-state index contributed by atoms with van der Waals surface area (Å²) in [5.74, 6) is -1.74. The van der Waals surface area contributed by atoms with Crippen LogP contribution in [0.3, 0.4) is 0 Å². The maximum absolute atomic E-state index is 14.4. The lowest BCUT2D eigenvalue weighted by atomic mass is 9.88. The molecule has 3 heterocycles. The highest BCUT2D eigenvalue weighted by molar-refractivity contribution is 7.91. The molecule has 2 aromatic rings. The molecule has 1 aromatic carbocycles. The van der Waals surface area contributed by atoms with Gasteiger partial charge in [-0.2, -0.15) is 4.98 Å². The number of anilines is 1. The number of carbonyl (C=O) groups excluding carboxylic acids is 3. The van der Waals surface area contributed by atoms with Crippen molar-refractivity contribution in [3.05, 3.63) is 30.4 Å². The van der Waals surface area contributed by atoms with E-state index >= 15 is 0 Å². The summed E-state index contributed by atoms with van der Waals surface area (Å²) in [6.45, 7) is 5.32. The van der Waals surface area contributed by atoms with Gasteiger partial charge in [-0.1, -0.05) is 26.0 Å². The molecule has 4 amide bonds. The minimum Gasteiger partial charge on any atom is -0.497 e. The van der Waals surface area contributed by atoms with Crippen molar-refractivity contribution >= 4 is 50.7 Å². The average Bonchev–Trinajstić information content (AvgIpc) is 3.98. The van der Waals surface area contributed by atoms with E-state index in [4.69, 9.17) is 9.47 Å². The number of benzene rings is 1. The van der Waals surface area contributed by atoms with Crippen molar-refractivity contribution in [2.24, 2.45) is 17.8 Å². The number of nitrogens with zero attached hydrogens (tertiary/aromatic N) is 4. The van der Waals surface area contributed by atoms with Gasteiger partial charge in [-0.05, 0) is 69.4 Å². The molecule has 17 heteroatoms. The van der Waals surface area contributed by atoms with Crippen molar-refractivity contribution in [2.45, 2.75) is 94.2 Å². The molecule has 7 atom stereocenters. The first-order valence-electron chi connectivity index (χ1n) is 18.0. The fraction of sp³-hybridized carbons (Fsp3) is 0.611. The van der Waals surface area contributed by atoms with Crippen LogP contribution in [0.2, 0.25) is 0 Å². The van der Waals surface area contributed by atoms with E-state index in [1.165, 1.54) is 4.90 Å². The number of carboxylic acid groups (broad SMARTS) is 1. The predicted molar refractivity (Wildman–Crippen MR) is 195 cm³/mol. The molecule has 0 spiro atoms. The molecule has 288 valence electrons. The van der Waals surface area contributed by atoms with Crippen LogP contribution in [0.4, 0.5) is 10.7 Å². The first-order chi connectivity index (χ1) is 25.0. The van der Waals surface area contributed by atoms with Gasteiger partial charge in [0.25, 0.3) is 5.91 Å². The van der Waals surface area contributed by atoms with Crippen LogP contribution < -0.4 is 29.7 Å². The second-order valence-corrected chi connectivity index (χ2v) is 17.7. The normalized spacial score (nSPS) is 30.4. The summed E-state index contributed by atoms with van der Waals surface area (Å²) in [6.07, 6.45) is 4.53. The number of allylic oxidation sites excluding steroid dienone is 1. The highest BCUT2D eigenvalue weighted by Gasteiger charge is 2.63. The topological polar surface area (TPSA) is 209 Å². The second-order valence-electron chi connectivity index (χ2n) is 15.5. The molecule has 1 saturated heterocycles. The van der Waals surface area contributed by atoms with E-state index in [1.807, 2.05) is 26.0 Å². The molecule has 2 aliphatic carbocycles. The molecular weight excluding hydrogens is 707 g/mol. The molecule has 0 unspecified atom stereocenters. The van der Waals surface area contributed by atoms with E-state index in [2.05, 4.69) is 25.3 Å². The van der Waals surface area contributed by atoms with E-state index in [0.29, 0.717) is 48.3 Å². The van der Waals surface area contributed by atoms with Gasteiger partial charge in [0.05, 0.1) is 29.3 Å². The van der Waals surface area contributed by atoms with E-state index in [-0.39, 0.29) is 31.2 Å². The molecule has 6 rings (SSSR count). The number of fused-ring (bicyclic) bond motifs is 3. The first-order valence-corrected chi connectivity index (χ1v) is 19.5. The smallest absolute Gasteiger partial charge is 0.405 e. The van der Waals surface area contributed by atoms with Crippen molar-refractivity contribution in [2.75, 3.05) is 32.6 Å². The van der Waals surface area contributed by atoms with Crippen LogP contribution in [-0.4, -0.2) is 108 Å². The Morgan fingerprint density at radius 1 is 1.13 bits per heavy atom. The van der Waals surface area contributed by atoms with Crippen LogP contribution in [0.25, 0.3) is 10.9 Å². The summed E-state index contributed by atoms with van der Waals surface area (Å²) in [7, 11) is 1.09. The highest BCUT2D eigenvalue weighted by atomic mass is 32.2. The zero-order chi connectivity index (χ0) is 38.5. The molecule has 0 radical (unpaired) electrons. The number of hydrogen-bond acceptors (Lipinski definition) is 11. The number of rotatable bonds is 8. The fourth-order valence-corrected chi connectivity index (χ4v) is 8.69. The summed E-state index contributed by atoms with van der Waals surface area (Å²) < 4.78 is 39.3. The minimum atomic E-state index is -4.01. The third-order valence-corrected chi connectivity index (χ3v) is 13.2. The number of hydrogen-bond donors (Lipinski definition) is 4. The van der Waals surface area contributed by atoms with Gasteiger partial charge in [-0.3, -0.25) is 19.1 Å². The summed E-state index contributed by atoms with van der Waals surface area (Å²) in [6, 6.07) is 2.88. The van der Waals surface area contributed by atoms with Gasteiger partial charge in [0.1, 0.15) is 29.5 Å². The standard InChI is InChI=1S/C36H49N7O9S/c1-20-9-7-8-10-22-18-36(22,32(46)41-53(49,50)35(3)13-14-35)40-29(44)27-17-24(19-43(27)31(45)28(21(2)15-20)38-34(47)48)52-30-25-12-11-23(51-6)16-26(25)37-33(39-30)42(4)5/h8,10-12,16,20-22,24,27-28,38H,7,9,13-15,17-19H2,1-6H3,(H,40,44)(H,41,46)(H,47,48)/b10-8-/t20-,21+,22+,24+,27-,28-,36+/m0/s1. The van der Waals surface area contributed by atoms with E-state index in [0.717, 1.165) is 6.42 Å². The van der Waals surface area contributed by atoms with Crippen molar-refractivity contribution in [1.29, 1.82) is 0 Å². The lowest BCUT2D eigenvalue weighted by Gasteiger charge is -2.32. The van der Waals surface area contributed by atoms with Crippen LogP contribution in [0.15, 0.2) is 30.4 Å². The Labute approximate surface area is 309 Å². The predicted octanol–water partition coefficient (Wildman–Crippen LogP) is 2.57. The van der Waals surface area contributed by atoms with E-state index in [9.17, 15) is 32.7 Å². The number of ether oxygens (including phenoxy) is 2. The minimum absolute atomic E-state index is 0.0182. The Morgan fingerprint density at radius 2 is 1.87 bits per heavy atom. The van der Waals surface area contributed by atoms with Crippen molar-refractivity contribution in [1.82, 2.24) is 30.2 Å². The Hall–Kier alpha value is -4.67. The molecule has 16 nitrogen and oxygen atoms in total. The summed E-state index contributed by atoms with van der Waals surface area (Å²) in [5, 5.41) is 15.6. The zero-order valence-electron chi connectivity index (χ0n) is 30.9. The summed E-state index contributed by atoms with van der Waals surface area (Å²) in [4.78, 5) is 66.9. The largest absolute Gasteiger partial charge is 0.497 e. The molecule has 1 aromatic heterocycles. The molecular formula is C36H49N7O9S.